The zero-order valence-corrected chi connectivity index (χ0v) is 19.6. The number of hydrogen-bond acceptors (Lipinski definition) is 5. The molecule has 0 fully saturated rings. The monoisotopic (exact) mass is 505 g/mol. The maximum atomic E-state index is 12.6. The Kier molecular flexibility index (Phi) is 7.13. The highest BCUT2D eigenvalue weighted by Gasteiger charge is 2.16. The number of furan rings is 1. The number of carbonyl (C=O) groups excluding carboxylic acids is 1. The van der Waals surface area contributed by atoms with Crippen molar-refractivity contribution in [1.29, 1.82) is 0 Å². The smallest absolute Gasteiger partial charge is 0.292 e. The number of methoxy groups -OCH3 is 1. The number of benzene rings is 2. The number of rotatable bonds is 8. The van der Waals surface area contributed by atoms with Gasteiger partial charge in [-0.15, -0.1) is 0 Å². The van der Waals surface area contributed by atoms with Crippen LogP contribution in [0, 0.1) is 0 Å². The second-order valence-electron chi connectivity index (χ2n) is 6.95. The van der Waals surface area contributed by atoms with Gasteiger partial charge in [0.05, 0.1) is 13.7 Å². The molecular weight excluding hydrogens is 489 g/mol. The first-order valence-corrected chi connectivity index (χ1v) is 10.9. The molecule has 0 unspecified atom stereocenters. The minimum Gasteiger partial charge on any atom is -0.497 e. The van der Waals surface area contributed by atoms with Crippen LogP contribution in [-0.4, -0.2) is 22.8 Å². The summed E-state index contributed by atoms with van der Waals surface area (Å²) in [5.74, 6) is 1.61. The van der Waals surface area contributed by atoms with E-state index in [0.29, 0.717) is 33.8 Å². The number of carbonyl (C=O) groups is 1. The number of nitrogens with zero attached hydrogens (tertiary/aromatic N) is 2. The fourth-order valence-electron chi connectivity index (χ4n) is 2.98. The van der Waals surface area contributed by atoms with Crippen molar-refractivity contribution in [2.24, 2.45) is 0 Å². The summed E-state index contributed by atoms with van der Waals surface area (Å²) < 4.78 is 18.0. The third kappa shape index (κ3) is 5.82. The van der Waals surface area contributed by atoms with Gasteiger partial charge in [-0.05, 0) is 42.0 Å². The number of amides is 1. The van der Waals surface area contributed by atoms with Crippen LogP contribution in [0.4, 0.5) is 5.82 Å². The van der Waals surface area contributed by atoms with E-state index < -0.39 is 5.91 Å². The van der Waals surface area contributed by atoms with Crippen LogP contribution in [0.25, 0.3) is 0 Å². The van der Waals surface area contributed by atoms with Gasteiger partial charge in [0.25, 0.3) is 5.91 Å². The lowest BCUT2D eigenvalue weighted by Crippen LogP contribution is -2.12. The van der Waals surface area contributed by atoms with E-state index in [1.165, 1.54) is 0 Å². The van der Waals surface area contributed by atoms with Crippen molar-refractivity contribution >= 4 is 46.5 Å². The minimum atomic E-state index is -0.487. The summed E-state index contributed by atoms with van der Waals surface area (Å²) in [6, 6.07) is 15.6. The molecule has 0 spiro atoms. The van der Waals surface area contributed by atoms with E-state index in [1.807, 2.05) is 12.1 Å². The summed E-state index contributed by atoms with van der Waals surface area (Å²) in [5, 5.41) is 8.30. The van der Waals surface area contributed by atoms with Crippen LogP contribution < -0.4 is 14.8 Å². The first-order valence-electron chi connectivity index (χ1n) is 9.75. The maximum absolute atomic E-state index is 12.6. The predicted octanol–water partition coefficient (Wildman–Crippen LogP) is 6.32. The highest BCUT2D eigenvalue weighted by Crippen LogP contribution is 2.25. The molecule has 1 amide bonds. The van der Waals surface area contributed by atoms with Crippen LogP contribution in [0.1, 0.15) is 21.9 Å². The fourth-order valence-corrected chi connectivity index (χ4v) is 3.65. The fraction of sp³-hybridized carbons (Fsp3) is 0.130. The van der Waals surface area contributed by atoms with Crippen molar-refractivity contribution in [3.8, 4) is 11.5 Å². The van der Waals surface area contributed by atoms with Crippen LogP contribution in [0.5, 0.6) is 11.5 Å². The van der Waals surface area contributed by atoms with Gasteiger partial charge in [0, 0.05) is 22.3 Å². The Bertz CT molecular complexity index is 1290. The van der Waals surface area contributed by atoms with Crippen molar-refractivity contribution in [3.63, 3.8) is 0 Å². The molecule has 4 rings (SSSR count). The van der Waals surface area contributed by atoms with E-state index in [-0.39, 0.29) is 23.2 Å². The Labute approximate surface area is 204 Å². The van der Waals surface area contributed by atoms with E-state index in [4.69, 9.17) is 48.7 Å². The van der Waals surface area contributed by atoms with Gasteiger partial charge < -0.3 is 19.2 Å². The number of ether oxygens (including phenoxy) is 2. The molecule has 0 bridgehead atoms. The lowest BCUT2D eigenvalue weighted by atomic mass is 10.2. The first-order chi connectivity index (χ1) is 15.9. The summed E-state index contributed by atoms with van der Waals surface area (Å²) in [4.78, 5) is 12.6. The SMILES string of the molecule is COc1cccc(OCc2ccc(C(=O)Nc3nn(Cc4ccc(Cl)cc4Cl)cc3Cl)o2)c1. The minimum absolute atomic E-state index is 0.102. The molecule has 0 aliphatic carbocycles. The zero-order chi connectivity index (χ0) is 23.4. The number of hydrogen-bond donors (Lipinski definition) is 1. The molecule has 10 heteroatoms. The van der Waals surface area contributed by atoms with Crippen LogP contribution in [0.15, 0.2) is 65.2 Å². The standard InChI is InChI=1S/C23H18Cl3N3O4/c1-31-16-3-2-4-17(10-16)32-13-18-7-8-21(33-18)23(30)27-22-20(26)12-29(28-22)11-14-5-6-15(24)9-19(14)25/h2-10,12H,11,13H2,1H3,(H,27,28,30). The van der Waals surface area contributed by atoms with Crippen LogP contribution in [0.3, 0.4) is 0 Å². The average Bonchev–Trinajstić information content (AvgIpc) is 3.41. The maximum Gasteiger partial charge on any atom is 0.292 e. The molecule has 0 radical (unpaired) electrons. The third-order valence-electron chi connectivity index (χ3n) is 4.60. The molecule has 170 valence electrons. The van der Waals surface area contributed by atoms with E-state index in [0.717, 1.165) is 5.56 Å². The van der Waals surface area contributed by atoms with Crippen molar-refractivity contribution in [1.82, 2.24) is 9.78 Å². The number of nitrogens with one attached hydrogen (secondary N) is 1. The van der Waals surface area contributed by atoms with Crippen LogP contribution in [-0.2, 0) is 13.2 Å². The van der Waals surface area contributed by atoms with Gasteiger partial charge in [-0.2, -0.15) is 5.10 Å². The van der Waals surface area contributed by atoms with Crippen molar-refractivity contribution in [2.75, 3.05) is 12.4 Å². The van der Waals surface area contributed by atoms with Gasteiger partial charge >= 0.3 is 0 Å². The number of anilines is 1. The molecule has 2 aromatic carbocycles. The molecule has 1 N–H and O–H groups in total. The van der Waals surface area contributed by atoms with Crippen LogP contribution >= 0.6 is 34.8 Å². The van der Waals surface area contributed by atoms with Gasteiger partial charge in [0.1, 0.15) is 28.9 Å². The van der Waals surface area contributed by atoms with Gasteiger partial charge in [-0.25, -0.2) is 0 Å². The zero-order valence-electron chi connectivity index (χ0n) is 17.3. The summed E-state index contributed by atoms with van der Waals surface area (Å²) in [5.41, 5.74) is 0.810. The van der Waals surface area contributed by atoms with Crippen molar-refractivity contribution in [2.45, 2.75) is 13.2 Å². The quantitative estimate of drug-likeness (QED) is 0.302. The molecule has 4 aromatic rings. The summed E-state index contributed by atoms with van der Waals surface area (Å²) >= 11 is 18.4. The van der Waals surface area contributed by atoms with Crippen molar-refractivity contribution in [3.05, 3.63) is 92.9 Å². The molecule has 33 heavy (non-hydrogen) atoms. The van der Waals surface area contributed by atoms with Gasteiger partial charge in [-0.1, -0.05) is 46.9 Å². The molecular formula is C23H18Cl3N3O4. The predicted molar refractivity (Wildman–Crippen MR) is 127 cm³/mol. The first kappa shape index (κ1) is 23.0. The molecule has 0 atom stereocenters. The highest BCUT2D eigenvalue weighted by atomic mass is 35.5. The number of aromatic nitrogens is 2. The summed E-state index contributed by atoms with van der Waals surface area (Å²) in [6.07, 6.45) is 1.59. The Morgan fingerprint density at radius 2 is 1.88 bits per heavy atom. The lowest BCUT2D eigenvalue weighted by Gasteiger charge is -2.06. The largest absolute Gasteiger partial charge is 0.497 e. The van der Waals surface area contributed by atoms with Crippen LogP contribution in [0.2, 0.25) is 15.1 Å². The normalized spacial score (nSPS) is 10.8. The number of halogens is 3. The lowest BCUT2D eigenvalue weighted by molar-refractivity contribution is 0.0992. The molecule has 0 aliphatic heterocycles. The van der Waals surface area contributed by atoms with Gasteiger partial charge in [0.2, 0.25) is 0 Å². The summed E-state index contributed by atoms with van der Waals surface area (Å²) in [6.45, 7) is 0.510. The Morgan fingerprint density at radius 3 is 2.67 bits per heavy atom. The molecule has 2 aromatic heterocycles. The Hall–Kier alpha value is -3.13. The second kappa shape index (κ2) is 10.2. The Morgan fingerprint density at radius 1 is 1.06 bits per heavy atom. The molecule has 0 aliphatic rings. The second-order valence-corrected chi connectivity index (χ2v) is 8.20. The van der Waals surface area contributed by atoms with E-state index in [2.05, 4.69) is 10.4 Å². The summed E-state index contributed by atoms with van der Waals surface area (Å²) in [7, 11) is 1.58. The third-order valence-corrected chi connectivity index (χ3v) is 5.47. The van der Waals surface area contributed by atoms with Gasteiger partial charge in [0.15, 0.2) is 11.6 Å². The topological polar surface area (TPSA) is 78.5 Å². The molecule has 0 saturated heterocycles. The van der Waals surface area contributed by atoms with Crippen molar-refractivity contribution < 1.29 is 18.7 Å². The highest BCUT2D eigenvalue weighted by molar-refractivity contribution is 6.35. The molecule has 7 nitrogen and oxygen atoms in total. The Balaban J connectivity index is 1.38. The van der Waals surface area contributed by atoms with E-state index in [1.54, 1.807) is 60.5 Å². The average molecular weight is 507 g/mol. The van der Waals surface area contributed by atoms with Gasteiger partial charge in [-0.3, -0.25) is 9.48 Å². The van der Waals surface area contributed by atoms with E-state index in [9.17, 15) is 4.79 Å². The molecule has 0 saturated carbocycles. The molecule has 2 heterocycles. The van der Waals surface area contributed by atoms with E-state index >= 15 is 0 Å².